The van der Waals surface area contributed by atoms with Gasteiger partial charge in [0.05, 0.1) is 10.0 Å². The second kappa shape index (κ2) is 4.33. The predicted molar refractivity (Wildman–Crippen MR) is 61.5 cm³/mol. The van der Waals surface area contributed by atoms with E-state index >= 15 is 0 Å². The molecule has 1 aromatic heterocycles. The van der Waals surface area contributed by atoms with Gasteiger partial charge in [0.2, 0.25) is 11.8 Å². The van der Waals surface area contributed by atoms with E-state index in [2.05, 4.69) is 26.1 Å². The minimum Gasteiger partial charge on any atom is -0.420 e. The number of benzene rings is 1. The van der Waals surface area contributed by atoms with E-state index in [1.54, 1.807) is 12.1 Å². The summed E-state index contributed by atoms with van der Waals surface area (Å²) in [5.41, 5.74) is 0.569. The van der Waals surface area contributed by atoms with Gasteiger partial charge in [0.25, 0.3) is 0 Å². The first-order valence-electron chi connectivity index (χ1n) is 4.87. The monoisotopic (exact) mass is 284 g/mol. The van der Waals surface area contributed by atoms with E-state index in [-0.39, 0.29) is 11.7 Å². The lowest BCUT2D eigenvalue weighted by atomic mass is 10.2. The van der Waals surface area contributed by atoms with E-state index in [4.69, 9.17) is 4.42 Å². The highest BCUT2D eigenvalue weighted by atomic mass is 79.9. The maximum atomic E-state index is 13.3. The molecule has 84 valence electrons. The van der Waals surface area contributed by atoms with E-state index in [0.717, 1.165) is 0 Å². The second-order valence-electron chi connectivity index (χ2n) is 3.70. The first kappa shape index (κ1) is 11.3. The smallest absolute Gasteiger partial charge is 0.248 e. The molecule has 2 rings (SSSR count). The van der Waals surface area contributed by atoms with Crippen LogP contribution in [0.15, 0.2) is 27.1 Å². The van der Waals surface area contributed by atoms with Gasteiger partial charge in [0.15, 0.2) is 0 Å². The quantitative estimate of drug-likeness (QED) is 0.843. The summed E-state index contributed by atoms with van der Waals surface area (Å²) in [5.74, 6) is 0.691. The summed E-state index contributed by atoms with van der Waals surface area (Å²) < 4.78 is 19.1. The molecule has 5 heteroatoms. The fraction of sp³-hybridized carbons (Fsp3) is 0.273. The molecule has 1 heterocycles. The van der Waals surface area contributed by atoms with Crippen LogP contribution in [0.2, 0.25) is 0 Å². The van der Waals surface area contributed by atoms with Gasteiger partial charge in [-0.25, -0.2) is 4.39 Å². The van der Waals surface area contributed by atoms with Gasteiger partial charge in [-0.2, -0.15) is 0 Å². The lowest BCUT2D eigenvalue weighted by Gasteiger charge is -2.00. The van der Waals surface area contributed by atoms with Crippen molar-refractivity contribution in [2.24, 2.45) is 0 Å². The molecule has 0 saturated carbocycles. The number of nitrogens with zero attached hydrogens (tertiary/aromatic N) is 2. The minimum atomic E-state index is -0.346. The lowest BCUT2D eigenvalue weighted by Crippen LogP contribution is -1.85. The SMILES string of the molecule is CC(C)c1nnc(-c2cccc(F)c2Br)o1. The van der Waals surface area contributed by atoms with Crippen molar-refractivity contribution in [2.75, 3.05) is 0 Å². The summed E-state index contributed by atoms with van der Waals surface area (Å²) in [5, 5.41) is 7.80. The molecule has 0 aliphatic rings. The Morgan fingerprint density at radius 3 is 2.69 bits per heavy atom. The Bertz CT molecular complexity index is 510. The number of aromatic nitrogens is 2. The summed E-state index contributed by atoms with van der Waals surface area (Å²) in [6, 6.07) is 4.70. The second-order valence-corrected chi connectivity index (χ2v) is 4.49. The van der Waals surface area contributed by atoms with Crippen LogP contribution in [-0.4, -0.2) is 10.2 Å². The highest BCUT2D eigenvalue weighted by Gasteiger charge is 2.15. The Morgan fingerprint density at radius 1 is 1.31 bits per heavy atom. The third-order valence-electron chi connectivity index (χ3n) is 2.12. The highest BCUT2D eigenvalue weighted by molar-refractivity contribution is 9.10. The van der Waals surface area contributed by atoms with Gasteiger partial charge in [-0.15, -0.1) is 10.2 Å². The fourth-order valence-electron chi connectivity index (χ4n) is 1.25. The van der Waals surface area contributed by atoms with Crippen LogP contribution in [0.3, 0.4) is 0 Å². The maximum Gasteiger partial charge on any atom is 0.248 e. The van der Waals surface area contributed by atoms with Crippen molar-refractivity contribution in [3.8, 4) is 11.5 Å². The Hall–Kier alpha value is -1.23. The third kappa shape index (κ3) is 2.00. The van der Waals surface area contributed by atoms with Crippen molar-refractivity contribution in [3.63, 3.8) is 0 Å². The van der Waals surface area contributed by atoms with Gasteiger partial charge in [-0.3, -0.25) is 0 Å². The molecule has 1 aromatic carbocycles. The average molecular weight is 285 g/mol. The Labute approximate surface area is 101 Å². The molecular weight excluding hydrogens is 275 g/mol. The molecule has 0 amide bonds. The number of hydrogen-bond donors (Lipinski definition) is 0. The topological polar surface area (TPSA) is 38.9 Å². The van der Waals surface area contributed by atoms with E-state index in [1.807, 2.05) is 13.8 Å². The highest BCUT2D eigenvalue weighted by Crippen LogP contribution is 2.30. The van der Waals surface area contributed by atoms with Crippen LogP contribution in [0.1, 0.15) is 25.7 Å². The number of hydrogen-bond acceptors (Lipinski definition) is 3. The van der Waals surface area contributed by atoms with Crippen LogP contribution in [0.5, 0.6) is 0 Å². The third-order valence-corrected chi connectivity index (χ3v) is 2.92. The van der Waals surface area contributed by atoms with E-state index in [9.17, 15) is 4.39 Å². The van der Waals surface area contributed by atoms with Gasteiger partial charge in [0, 0.05) is 5.92 Å². The van der Waals surface area contributed by atoms with Crippen molar-refractivity contribution >= 4 is 15.9 Å². The van der Waals surface area contributed by atoms with Crippen LogP contribution in [-0.2, 0) is 0 Å². The zero-order valence-corrected chi connectivity index (χ0v) is 10.5. The Kier molecular flexibility index (Phi) is 3.05. The lowest BCUT2D eigenvalue weighted by molar-refractivity contribution is 0.480. The molecule has 0 atom stereocenters. The fourth-order valence-corrected chi connectivity index (χ4v) is 1.68. The zero-order valence-electron chi connectivity index (χ0n) is 8.87. The number of rotatable bonds is 2. The normalized spacial score (nSPS) is 11.1. The maximum absolute atomic E-state index is 13.3. The van der Waals surface area contributed by atoms with Gasteiger partial charge < -0.3 is 4.42 Å². The minimum absolute atomic E-state index is 0.161. The van der Waals surface area contributed by atoms with Crippen LogP contribution in [0.25, 0.3) is 11.5 Å². The molecule has 0 radical (unpaired) electrons. The molecule has 0 saturated heterocycles. The number of halogens is 2. The first-order valence-corrected chi connectivity index (χ1v) is 5.66. The van der Waals surface area contributed by atoms with Gasteiger partial charge >= 0.3 is 0 Å². The molecule has 0 bridgehead atoms. The van der Waals surface area contributed by atoms with Crippen LogP contribution < -0.4 is 0 Å². The van der Waals surface area contributed by atoms with Crippen molar-refractivity contribution in [1.29, 1.82) is 0 Å². The molecule has 3 nitrogen and oxygen atoms in total. The van der Waals surface area contributed by atoms with Crippen LogP contribution >= 0.6 is 15.9 Å². The Morgan fingerprint density at radius 2 is 2.06 bits per heavy atom. The van der Waals surface area contributed by atoms with Crippen LogP contribution in [0.4, 0.5) is 4.39 Å². The molecule has 0 aliphatic heterocycles. The van der Waals surface area contributed by atoms with E-state index in [0.29, 0.717) is 21.8 Å². The molecule has 2 aromatic rings. The molecule has 16 heavy (non-hydrogen) atoms. The Balaban J connectivity index is 2.47. The summed E-state index contributed by atoms with van der Waals surface area (Å²) in [7, 11) is 0. The molecule has 0 N–H and O–H groups in total. The van der Waals surface area contributed by atoms with E-state index < -0.39 is 0 Å². The first-order chi connectivity index (χ1) is 7.59. The molecule has 0 unspecified atom stereocenters. The zero-order chi connectivity index (χ0) is 11.7. The van der Waals surface area contributed by atoms with Crippen molar-refractivity contribution < 1.29 is 8.81 Å². The summed E-state index contributed by atoms with van der Waals surface area (Å²) >= 11 is 3.16. The van der Waals surface area contributed by atoms with Gasteiger partial charge in [0.1, 0.15) is 5.82 Å². The molecule has 0 fully saturated rings. The summed E-state index contributed by atoms with van der Waals surface area (Å²) in [4.78, 5) is 0. The molecule has 0 spiro atoms. The largest absolute Gasteiger partial charge is 0.420 e. The standard InChI is InChI=1S/C11H10BrFN2O/c1-6(2)10-14-15-11(16-10)7-4-3-5-8(13)9(7)12/h3-6H,1-2H3. The van der Waals surface area contributed by atoms with Crippen LogP contribution in [0, 0.1) is 5.82 Å². The van der Waals surface area contributed by atoms with E-state index in [1.165, 1.54) is 6.07 Å². The summed E-state index contributed by atoms with van der Waals surface area (Å²) in [6.07, 6.45) is 0. The average Bonchev–Trinajstić information content (AvgIpc) is 2.71. The van der Waals surface area contributed by atoms with Crippen molar-refractivity contribution in [1.82, 2.24) is 10.2 Å². The van der Waals surface area contributed by atoms with Gasteiger partial charge in [-0.1, -0.05) is 19.9 Å². The van der Waals surface area contributed by atoms with Gasteiger partial charge in [-0.05, 0) is 28.1 Å². The predicted octanol–water partition coefficient (Wildman–Crippen LogP) is 3.76. The van der Waals surface area contributed by atoms with Crippen molar-refractivity contribution in [2.45, 2.75) is 19.8 Å². The molecular formula is C11H10BrFN2O. The molecule has 0 aliphatic carbocycles. The summed E-state index contributed by atoms with van der Waals surface area (Å²) in [6.45, 7) is 3.91. The van der Waals surface area contributed by atoms with Crippen molar-refractivity contribution in [3.05, 3.63) is 34.4 Å².